The van der Waals surface area contributed by atoms with Crippen LogP contribution in [0.25, 0.3) is 0 Å². The van der Waals surface area contributed by atoms with Crippen molar-refractivity contribution in [1.29, 1.82) is 0 Å². The molecule has 0 aromatic heterocycles. The van der Waals surface area contributed by atoms with Crippen LogP contribution in [0.1, 0.15) is 20.8 Å². The molecule has 2 aliphatic rings. The van der Waals surface area contributed by atoms with Gasteiger partial charge < -0.3 is 24.4 Å². The second-order valence-corrected chi connectivity index (χ2v) is 4.76. The van der Waals surface area contributed by atoms with Crippen LogP contribution < -0.4 is 0 Å². The van der Waals surface area contributed by atoms with Crippen molar-refractivity contribution in [1.82, 2.24) is 0 Å². The fourth-order valence-corrected chi connectivity index (χ4v) is 2.24. The topological polar surface area (TPSA) is 68.2 Å². The average molecular weight is 218 g/mol. The van der Waals surface area contributed by atoms with Crippen molar-refractivity contribution in [3.63, 3.8) is 0 Å². The second kappa shape index (κ2) is 3.40. The Labute approximate surface area is 88.9 Å². The van der Waals surface area contributed by atoms with Gasteiger partial charge >= 0.3 is 0 Å². The molecule has 2 fully saturated rings. The first-order valence-electron chi connectivity index (χ1n) is 5.19. The van der Waals surface area contributed by atoms with Gasteiger partial charge in [0.15, 0.2) is 12.1 Å². The van der Waals surface area contributed by atoms with Gasteiger partial charge in [-0.1, -0.05) is 6.92 Å². The Morgan fingerprint density at radius 2 is 1.67 bits per heavy atom. The van der Waals surface area contributed by atoms with Crippen molar-refractivity contribution in [2.45, 2.75) is 44.6 Å². The zero-order valence-electron chi connectivity index (χ0n) is 9.27. The van der Waals surface area contributed by atoms with E-state index in [1.165, 1.54) is 0 Å². The molecular weight excluding hydrogens is 200 g/mol. The molecule has 15 heavy (non-hydrogen) atoms. The van der Waals surface area contributed by atoms with E-state index in [1.54, 1.807) is 0 Å². The first-order chi connectivity index (χ1) is 6.94. The van der Waals surface area contributed by atoms with Crippen LogP contribution in [0.2, 0.25) is 0 Å². The maximum Gasteiger partial charge on any atom is 0.188 e. The van der Waals surface area contributed by atoms with Crippen LogP contribution >= 0.6 is 0 Å². The molecule has 0 aromatic carbocycles. The number of hydrogen-bond donors (Lipinski definition) is 2. The SMILES string of the molecule is CC1[C@@H]2OC(C)(C)O[C@H]2OC1(CO)CO. The van der Waals surface area contributed by atoms with Gasteiger partial charge in [0.1, 0.15) is 11.7 Å². The zero-order valence-corrected chi connectivity index (χ0v) is 9.27. The molecule has 0 aliphatic carbocycles. The number of rotatable bonds is 2. The molecule has 88 valence electrons. The fraction of sp³-hybridized carbons (Fsp3) is 1.00. The Morgan fingerprint density at radius 3 is 2.13 bits per heavy atom. The summed E-state index contributed by atoms with van der Waals surface area (Å²) >= 11 is 0. The lowest BCUT2D eigenvalue weighted by Gasteiger charge is -2.31. The Kier molecular flexibility index (Phi) is 2.56. The van der Waals surface area contributed by atoms with Crippen LogP contribution in [-0.2, 0) is 14.2 Å². The summed E-state index contributed by atoms with van der Waals surface area (Å²) in [7, 11) is 0. The van der Waals surface area contributed by atoms with Crippen molar-refractivity contribution >= 4 is 0 Å². The van der Waals surface area contributed by atoms with Crippen LogP contribution in [0.4, 0.5) is 0 Å². The van der Waals surface area contributed by atoms with Crippen LogP contribution in [0.3, 0.4) is 0 Å². The highest BCUT2D eigenvalue weighted by atomic mass is 16.8. The number of fused-ring (bicyclic) bond motifs is 1. The first-order valence-corrected chi connectivity index (χ1v) is 5.19. The van der Waals surface area contributed by atoms with E-state index in [1.807, 2.05) is 20.8 Å². The van der Waals surface area contributed by atoms with Gasteiger partial charge in [-0.05, 0) is 13.8 Å². The molecule has 2 rings (SSSR count). The summed E-state index contributed by atoms with van der Waals surface area (Å²) in [6.45, 7) is 5.07. The summed E-state index contributed by atoms with van der Waals surface area (Å²) in [5.74, 6) is -0.750. The molecule has 0 aromatic rings. The van der Waals surface area contributed by atoms with E-state index in [4.69, 9.17) is 14.2 Å². The third-order valence-electron chi connectivity index (χ3n) is 3.30. The minimum atomic E-state index is -0.939. The fourth-order valence-electron chi connectivity index (χ4n) is 2.24. The Hall–Kier alpha value is -0.200. The number of ether oxygens (including phenoxy) is 3. The molecular formula is C10H18O5. The highest BCUT2D eigenvalue weighted by Crippen LogP contribution is 2.45. The third kappa shape index (κ3) is 1.59. The highest BCUT2D eigenvalue weighted by Gasteiger charge is 2.59. The normalized spacial score (nSPS) is 41.8. The van der Waals surface area contributed by atoms with Gasteiger partial charge in [0.25, 0.3) is 0 Å². The summed E-state index contributed by atoms with van der Waals surface area (Å²) in [5, 5.41) is 18.6. The van der Waals surface area contributed by atoms with E-state index < -0.39 is 17.7 Å². The lowest BCUT2D eigenvalue weighted by molar-refractivity contribution is -0.244. The van der Waals surface area contributed by atoms with Crippen molar-refractivity contribution in [3.8, 4) is 0 Å². The molecule has 2 aliphatic heterocycles. The molecule has 5 nitrogen and oxygen atoms in total. The minimum Gasteiger partial charge on any atom is -0.393 e. The molecule has 2 N–H and O–H groups in total. The maximum atomic E-state index is 9.28. The van der Waals surface area contributed by atoms with Gasteiger partial charge in [-0.25, -0.2) is 0 Å². The van der Waals surface area contributed by atoms with Gasteiger partial charge in [0.2, 0.25) is 0 Å². The standard InChI is InChI=1S/C10H18O5/c1-6-7-8(14-9(2,3)13-7)15-10(6,4-11)5-12/h6-8,11-12H,4-5H2,1-3H3/t6?,7-,8-/m0/s1. The second-order valence-electron chi connectivity index (χ2n) is 4.76. The number of aliphatic hydroxyl groups excluding tert-OH is 2. The monoisotopic (exact) mass is 218 g/mol. The summed E-state index contributed by atoms with van der Waals surface area (Å²) in [6, 6.07) is 0. The molecule has 0 saturated carbocycles. The highest BCUT2D eigenvalue weighted by molar-refractivity contribution is 5.00. The maximum absolute atomic E-state index is 9.28. The average Bonchev–Trinajstić information content (AvgIpc) is 2.59. The van der Waals surface area contributed by atoms with E-state index in [9.17, 15) is 10.2 Å². The molecule has 1 unspecified atom stereocenters. The summed E-state index contributed by atoms with van der Waals surface area (Å²) in [5.41, 5.74) is -0.939. The lowest BCUT2D eigenvalue weighted by atomic mass is 9.88. The molecule has 3 atom stereocenters. The van der Waals surface area contributed by atoms with Crippen LogP contribution in [0.5, 0.6) is 0 Å². The molecule has 5 heteroatoms. The third-order valence-corrected chi connectivity index (χ3v) is 3.30. The Bertz CT molecular complexity index is 248. The molecule has 0 spiro atoms. The quantitative estimate of drug-likeness (QED) is 0.675. The molecule has 0 amide bonds. The van der Waals surface area contributed by atoms with E-state index in [0.717, 1.165) is 0 Å². The molecule has 0 bridgehead atoms. The summed E-state index contributed by atoms with van der Waals surface area (Å²) in [6.07, 6.45) is -0.714. The van der Waals surface area contributed by atoms with Crippen LogP contribution in [0, 0.1) is 5.92 Å². The van der Waals surface area contributed by atoms with Crippen molar-refractivity contribution in [3.05, 3.63) is 0 Å². The number of aliphatic hydroxyl groups is 2. The summed E-state index contributed by atoms with van der Waals surface area (Å²) in [4.78, 5) is 0. The van der Waals surface area contributed by atoms with Crippen LogP contribution in [-0.4, -0.2) is 47.2 Å². The summed E-state index contributed by atoms with van der Waals surface area (Å²) < 4.78 is 16.8. The van der Waals surface area contributed by atoms with Gasteiger partial charge in [0, 0.05) is 5.92 Å². The number of hydrogen-bond acceptors (Lipinski definition) is 5. The zero-order chi connectivity index (χ0) is 11.3. The first kappa shape index (κ1) is 11.3. The van der Waals surface area contributed by atoms with E-state index >= 15 is 0 Å². The predicted molar refractivity (Wildman–Crippen MR) is 51.0 cm³/mol. The van der Waals surface area contributed by atoms with Gasteiger partial charge in [-0.3, -0.25) is 0 Å². The Morgan fingerprint density at radius 1 is 1.07 bits per heavy atom. The van der Waals surface area contributed by atoms with Crippen molar-refractivity contribution in [2.24, 2.45) is 5.92 Å². The van der Waals surface area contributed by atoms with Gasteiger partial charge in [0.05, 0.1) is 13.2 Å². The predicted octanol–water partition coefficient (Wildman–Crippen LogP) is -0.146. The van der Waals surface area contributed by atoms with Gasteiger partial charge in [-0.15, -0.1) is 0 Å². The smallest absolute Gasteiger partial charge is 0.188 e. The van der Waals surface area contributed by atoms with Crippen molar-refractivity contribution < 1.29 is 24.4 Å². The van der Waals surface area contributed by atoms with E-state index in [0.29, 0.717) is 0 Å². The van der Waals surface area contributed by atoms with Crippen molar-refractivity contribution in [2.75, 3.05) is 13.2 Å². The van der Waals surface area contributed by atoms with E-state index in [2.05, 4.69) is 0 Å². The Balaban J connectivity index is 2.17. The molecule has 2 heterocycles. The largest absolute Gasteiger partial charge is 0.393 e. The van der Waals surface area contributed by atoms with Crippen LogP contribution in [0.15, 0.2) is 0 Å². The molecule has 2 saturated heterocycles. The van der Waals surface area contributed by atoms with Gasteiger partial charge in [-0.2, -0.15) is 0 Å². The lowest BCUT2D eigenvalue weighted by Crippen LogP contribution is -2.45. The minimum absolute atomic E-state index is 0.0979. The van der Waals surface area contributed by atoms with E-state index in [-0.39, 0.29) is 25.2 Å². The molecule has 0 radical (unpaired) electrons.